The second kappa shape index (κ2) is 10.2. The minimum Gasteiger partial charge on any atom is -0.466 e. The summed E-state index contributed by atoms with van der Waals surface area (Å²) in [5.74, 6) is 1.46. The van der Waals surface area contributed by atoms with Gasteiger partial charge in [-0.05, 0) is 40.2 Å². The summed E-state index contributed by atoms with van der Waals surface area (Å²) in [6.07, 6.45) is 3.51. The largest absolute Gasteiger partial charge is 0.466 e. The molecule has 0 atom stereocenters. The van der Waals surface area contributed by atoms with Crippen LogP contribution in [0.1, 0.15) is 68.3 Å². The van der Waals surface area contributed by atoms with Gasteiger partial charge in [0.15, 0.2) is 0 Å². The van der Waals surface area contributed by atoms with E-state index in [0.29, 0.717) is 43.9 Å². The number of rotatable bonds is 10. The smallest absolute Gasteiger partial charge is 0.257 e. The Bertz CT molecular complexity index is 533. The SMILES string of the molecule is CCCCCN(CCC(=O)N(CC)CC)C(=O)c1cc(C)oc1C. The number of aryl methyl sites for hydroxylation is 2. The first-order chi connectivity index (χ1) is 11.4. The molecule has 136 valence electrons. The third kappa shape index (κ3) is 5.69. The van der Waals surface area contributed by atoms with Gasteiger partial charge in [-0.1, -0.05) is 19.8 Å². The maximum atomic E-state index is 12.8. The van der Waals surface area contributed by atoms with Crippen LogP contribution < -0.4 is 0 Å². The first-order valence-corrected chi connectivity index (χ1v) is 9.08. The standard InChI is InChI=1S/C19H32N2O3/c1-6-9-10-12-21(13-11-18(22)20(7-2)8-3)19(23)17-14-15(4)24-16(17)5/h14H,6-13H2,1-5H3. The van der Waals surface area contributed by atoms with Crippen molar-refractivity contribution in [2.45, 2.75) is 60.3 Å². The zero-order valence-electron chi connectivity index (χ0n) is 15.9. The summed E-state index contributed by atoms with van der Waals surface area (Å²) < 4.78 is 5.49. The van der Waals surface area contributed by atoms with Crippen molar-refractivity contribution >= 4 is 11.8 Å². The van der Waals surface area contributed by atoms with E-state index >= 15 is 0 Å². The average molecular weight is 336 g/mol. The Morgan fingerprint density at radius 2 is 1.67 bits per heavy atom. The predicted molar refractivity (Wildman–Crippen MR) is 96.2 cm³/mol. The average Bonchev–Trinajstić information content (AvgIpc) is 2.89. The lowest BCUT2D eigenvalue weighted by atomic mass is 10.1. The fourth-order valence-electron chi connectivity index (χ4n) is 2.85. The van der Waals surface area contributed by atoms with Crippen molar-refractivity contribution in [3.8, 4) is 0 Å². The van der Waals surface area contributed by atoms with Gasteiger partial charge in [-0.25, -0.2) is 0 Å². The number of carbonyl (C=O) groups is 2. The van der Waals surface area contributed by atoms with Crippen molar-refractivity contribution < 1.29 is 14.0 Å². The lowest BCUT2D eigenvalue weighted by Crippen LogP contribution is -2.37. The number of hydrogen-bond acceptors (Lipinski definition) is 3. The first kappa shape index (κ1) is 20.3. The van der Waals surface area contributed by atoms with Crippen molar-refractivity contribution in [1.29, 1.82) is 0 Å². The molecule has 0 saturated carbocycles. The van der Waals surface area contributed by atoms with Crippen LogP contribution >= 0.6 is 0 Å². The Hall–Kier alpha value is -1.78. The molecule has 0 aliphatic heterocycles. The molecule has 0 spiro atoms. The van der Waals surface area contributed by atoms with E-state index < -0.39 is 0 Å². The summed E-state index contributed by atoms with van der Waals surface area (Å²) in [5, 5.41) is 0. The predicted octanol–water partition coefficient (Wildman–Crippen LogP) is 3.79. The van der Waals surface area contributed by atoms with E-state index in [2.05, 4.69) is 6.92 Å². The maximum absolute atomic E-state index is 12.8. The van der Waals surface area contributed by atoms with Gasteiger partial charge >= 0.3 is 0 Å². The number of amides is 2. The normalized spacial score (nSPS) is 10.7. The van der Waals surface area contributed by atoms with Gasteiger partial charge in [-0.15, -0.1) is 0 Å². The van der Waals surface area contributed by atoms with Gasteiger partial charge < -0.3 is 14.2 Å². The van der Waals surface area contributed by atoms with Crippen LogP contribution in [-0.4, -0.2) is 47.8 Å². The second-order valence-electron chi connectivity index (χ2n) is 6.14. The molecule has 0 saturated heterocycles. The van der Waals surface area contributed by atoms with Crippen LogP contribution in [0.3, 0.4) is 0 Å². The summed E-state index contributed by atoms with van der Waals surface area (Å²) in [6, 6.07) is 1.79. The minimum atomic E-state index is -0.0344. The summed E-state index contributed by atoms with van der Waals surface area (Å²) in [6.45, 7) is 12.3. The van der Waals surface area contributed by atoms with E-state index in [1.165, 1.54) is 0 Å². The first-order valence-electron chi connectivity index (χ1n) is 9.08. The quantitative estimate of drug-likeness (QED) is 0.611. The highest BCUT2D eigenvalue weighted by molar-refractivity contribution is 5.95. The third-order valence-corrected chi connectivity index (χ3v) is 4.30. The number of carbonyl (C=O) groups excluding carboxylic acids is 2. The van der Waals surface area contributed by atoms with Crippen LogP contribution in [0.2, 0.25) is 0 Å². The fourth-order valence-corrected chi connectivity index (χ4v) is 2.85. The van der Waals surface area contributed by atoms with E-state index in [4.69, 9.17) is 4.42 Å². The van der Waals surface area contributed by atoms with Gasteiger partial charge in [0, 0.05) is 32.6 Å². The van der Waals surface area contributed by atoms with Crippen molar-refractivity contribution in [1.82, 2.24) is 9.80 Å². The lowest BCUT2D eigenvalue weighted by molar-refractivity contribution is -0.131. The minimum absolute atomic E-state index is 0.0344. The topological polar surface area (TPSA) is 53.8 Å². The van der Waals surface area contributed by atoms with Crippen molar-refractivity contribution in [3.05, 3.63) is 23.2 Å². The molecule has 24 heavy (non-hydrogen) atoms. The molecule has 1 aromatic heterocycles. The summed E-state index contributed by atoms with van der Waals surface area (Å²) in [5.41, 5.74) is 0.610. The monoisotopic (exact) mass is 336 g/mol. The van der Waals surface area contributed by atoms with Crippen molar-refractivity contribution in [2.75, 3.05) is 26.2 Å². The van der Waals surface area contributed by atoms with Crippen LogP contribution in [0.4, 0.5) is 0 Å². The summed E-state index contributed by atoms with van der Waals surface area (Å²) in [4.78, 5) is 28.7. The zero-order chi connectivity index (χ0) is 18.1. The van der Waals surface area contributed by atoms with E-state index in [9.17, 15) is 9.59 Å². The van der Waals surface area contributed by atoms with E-state index in [1.54, 1.807) is 11.0 Å². The molecule has 2 amide bonds. The van der Waals surface area contributed by atoms with Crippen LogP contribution in [-0.2, 0) is 4.79 Å². The third-order valence-electron chi connectivity index (χ3n) is 4.30. The van der Waals surface area contributed by atoms with Gasteiger partial charge in [0.2, 0.25) is 5.91 Å². The molecule has 0 bridgehead atoms. The van der Waals surface area contributed by atoms with Gasteiger partial charge in [0.25, 0.3) is 5.91 Å². The summed E-state index contributed by atoms with van der Waals surface area (Å²) >= 11 is 0. The van der Waals surface area contributed by atoms with E-state index in [1.807, 2.05) is 32.6 Å². The Kier molecular flexibility index (Phi) is 8.58. The molecular weight excluding hydrogens is 304 g/mol. The molecule has 1 heterocycles. The fraction of sp³-hybridized carbons (Fsp3) is 0.684. The van der Waals surface area contributed by atoms with Crippen molar-refractivity contribution in [3.63, 3.8) is 0 Å². The number of furan rings is 1. The van der Waals surface area contributed by atoms with Gasteiger partial charge in [0.1, 0.15) is 11.5 Å². The molecule has 0 fully saturated rings. The highest BCUT2D eigenvalue weighted by Gasteiger charge is 2.21. The molecule has 0 N–H and O–H groups in total. The van der Waals surface area contributed by atoms with E-state index in [-0.39, 0.29) is 11.8 Å². The number of nitrogens with zero attached hydrogens (tertiary/aromatic N) is 2. The van der Waals surface area contributed by atoms with Crippen LogP contribution in [0.25, 0.3) is 0 Å². The molecular formula is C19H32N2O3. The molecule has 0 aliphatic carbocycles. The van der Waals surface area contributed by atoms with Gasteiger partial charge in [0.05, 0.1) is 5.56 Å². The maximum Gasteiger partial charge on any atom is 0.257 e. The van der Waals surface area contributed by atoms with Crippen LogP contribution in [0.15, 0.2) is 10.5 Å². The molecule has 5 nitrogen and oxygen atoms in total. The lowest BCUT2D eigenvalue weighted by Gasteiger charge is -2.24. The Morgan fingerprint density at radius 1 is 1.00 bits per heavy atom. The Balaban J connectivity index is 2.78. The molecule has 0 aromatic carbocycles. The van der Waals surface area contributed by atoms with Crippen molar-refractivity contribution in [2.24, 2.45) is 0 Å². The molecule has 0 radical (unpaired) electrons. The zero-order valence-corrected chi connectivity index (χ0v) is 15.9. The van der Waals surface area contributed by atoms with E-state index in [0.717, 1.165) is 25.0 Å². The molecule has 1 aromatic rings. The molecule has 1 rings (SSSR count). The summed E-state index contributed by atoms with van der Waals surface area (Å²) in [7, 11) is 0. The number of hydrogen-bond donors (Lipinski definition) is 0. The molecule has 0 aliphatic rings. The second-order valence-corrected chi connectivity index (χ2v) is 6.14. The highest BCUT2D eigenvalue weighted by atomic mass is 16.3. The van der Waals surface area contributed by atoms with Crippen LogP contribution in [0.5, 0.6) is 0 Å². The van der Waals surface area contributed by atoms with Gasteiger partial charge in [-0.3, -0.25) is 9.59 Å². The Morgan fingerprint density at radius 3 is 2.17 bits per heavy atom. The highest BCUT2D eigenvalue weighted by Crippen LogP contribution is 2.17. The molecule has 5 heteroatoms. The van der Waals surface area contributed by atoms with Gasteiger partial charge in [-0.2, -0.15) is 0 Å². The number of unbranched alkanes of at least 4 members (excludes halogenated alkanes) is 2. The van der Waals surface area contributed by atoms with Crippen LogP contribution in [0, 0.1) is 13.8 Å². The Labute approximate surface area is 146 Å². The molecule has 0 unspecified atom stereocenters.